The molecule has 1 aromatic carbocycles. The van der Waals surface area contributed by atoms with Crippen molar-refractivity contribution in [2.24, 2.45) is 5.41 Å². The van der Waals surface area contributed by atoms with Gasteiger partial charge in [0.05, 0.1) is 18.6 Å². The Bertz CT molecular complexity index is 731. The summed E-state index contributed by atoms with van der Waals surface area (Å²) in [5, 5.41) is 0. The van der Waals surface area contributed by atoms with Crippen LogP contribution >= 0.6 is 0 Å². The number of carbonyl (C=O) groups is 1. The first-order chi connectivity index (χ1) is 12.1. The molecule has 1 aromatic heterocycles. The smallest absolute Gasteiger partial charge is 0.223 e. The standard InChI is InChI=1S/C20H26N4O/c1-22-9-7-20(8-10-22)11-19(25)23(15-20)14-18-12-21-16-24(18)13-17-5-3-2-4-6-17/h2-6,12,16H,7-11,13-15H2,1H3. The number of hydrogen-bond acceptors (Lipinski definition) is 3. The molecular formula is C20H26N4O. The van der Waals surface area contributed by atoms with Crippen molar-refractivity contribution in [3.8, 4) is 0 Å². The van der Waals surface area contributed by atoms with Crippen LogP contribution in [0, 0.1) is 5.41 Å². The van der Waals surface area contributed by atoms with Gasteiger partial charge in [-0.05, 0) is 44.0 Å². The van der Waals surface area contributed by atoms with E-state index in [1.807, 2.05) is 23.5 Å². The fraction of sp³-hybridized carbons (Fsp3) is 0.500. The van der Waals surface area contributed by atoms with E-state index >= 15 is 0 Å². The van der Waals surface area contributed by atoms with Crippen molar-refractivity contribution < 1.29 is 4.79 Å². The van der Waals surface area contributed by atoms with Crippen LogP contribution in [0.1, 0.15) is 30.5 Å². The maximum Gasteiger partial charge on any atom is 0.223 e. The van der Waals surface area contributed by atoms with Crippen LogP contribution in [0.2, 0.25) is 0 Å². The number of rotatable bonds is 4. The maximum absolute atomic E-state index is 12.6. The van der Waals surface area contributed by atoms with Crippen LogP contribution in [0.15, 0.2) is 42.9 Å². The molecule has 0 unspecified atom stereocenters. The summed E-state index contributed by atoms with van der Waals surface area (Å²) in [5.74, 6) is 0.303. The molecule has 2 aliphatic heterocycles. The molecular weight excluding hydrogens is 312 g/mol. The monoisotopic (exact) mass is 338 g/mol. The van der Waals surface area contributed by atoms with E-state index in [2.05, 4.69) is 45.8 Å². The molecule has 25 heavy (non-hydrogen) atoms. The SMILES string of the molecule is CN1CCC2(CC1)CC(=O)N(Cc1cncn1Cc1ccccc1)C2. The fourth-order valence-corrected chi connectivity index (χ4v) is 4.15. The molecule has 4 rings (SSSR count). The Balaban J connectivity index is 1.44. The first kappa shape index (κ1) is 16.3. The molecule has 0 aliphatic carbocycles. The summed E-state index contributed by atoms with van der Waals surface area (Å²) in [4.78, 5) is 21.3. The molecule has 2 fully saturated rings. The van der Waals surface area contributed by atoms with E-state index in [-0.39, 0.29) is 5.41 Å². The van der Waals surface area contributed by atoms with E-state index in [1.54, 1.807) is 0 Å². The Hall–Kier alpha value is -2.14. The number of piperidine rings is 1. The molecule has 0 saturated carbocycles. The van der Waals surface area contributed by atoms with Crippen LogP contribution in [-0.2, 0) is 17.9 Å². The molecule has 2 aromatic rings. The van der Waals surface area contributed by atoms with Gasteiger partial charge in [-0.25, -0.2) is 4.98 Å². The molecule has 2 aliphatic rings. The maximum atomic E-state index is 12.6. The number of imidazole rings is 1. The van der Waals surface area contributed by atoms with Gasteiger partial charge in [-0.2, -0.15) is 0 Å². The zero-order chi connectivity index (χ0) is 17.3. The summed E-state index contributed by atoms with van der Waals surface area (Å²) in [6, 6.07) is 10.4. The number of nitrogens with zero attached hydrogens (tertiary/aromatic N) is 4. The second kappa shape index (κ2) is 6.64. The second-order valence-electron chi connectivity index (χ2n) is 7.73. The van der Waals surface area contributed by atoms with Crippen LogP contribution < -0.4 is 0 Å². The summed E-state index contributed by atoms with van der Waals surface area (Å²) >= 11 is 0. The van der Waals surface area contributed by atoms with Crippen molar-refractivity contribution in [3.63, 3.8) is 0 Å². The summed E-state index contributed by atoms with van der Waals surface area (Å²) in [7, 11) is 2.17. The van der Waals surface area contributed by atoms with Crippen molar-refractivity contribution in [3.05, 3.63) is 54.1 Å². The van der Waals surface area contributed by atoms with Crippen LogP contribution in [0.4, 0.5) is 0 Å². The normalized spacial score (nSPS) is 20.5. The van der Waals surface area contributed by atoms with E-state index in [4.69, 9.17) is 0 Å². The molecule has 0 radical (unpaired) electrons. The van der Waals surface area contributed by atoms with Gasteiger partial charge in [-0.15, -0.1) is 0 Å². The minimum absolute atomic E-state index is 0.202. The number of benzene rings is 1. The van der Waals surface area contributed by atoms with E-state index < -0.39 is 0 Å². The van der Waals surface area contributed by atoms with Gasteiger partial charge < -0.3 is 14.4 Å². The lowest BCUT2D eigenvalue weighted by atomic mass is 9.78. The Morgan fingerprint density at radius 3 is 2.64 bits per heavy atom. The predicted octanol–water partition coefficient (Wildman–Crippen LogP) is 2.38. The summed E-state index contributed by atoms with van der Waals surface area (Å²) in [6.07, 6.45) is 6.75. The highest BCUT2D eigenvalue weighted by molar-refractivity contribution is 5.79. The highest BCUT2D eigenvalue weighted by Gasteiger charge is 2.44. The van der Waals surface area contributed by atoms with Crippen molar-refractivity contribution in [2.45, 2.75) is 32.4 Å². The number of aromatic nitrogens is 2. The van der Waals surface area contributed by atoms with Crippen molar-refractivity contribution >= 4 is 5.91 Å². The Morgan fingerprint density at radius 1 is 1.12 bits per heavy atom. The van der Waals surface area contributed by atoms with Gasteiger partial charge in [0.25, 0.3) is 0 Å². The van der Waals surface area contributed by atoms with E-state index in [0.717, 1.165) is 44.7 Å². The Kier molecular flexibility index (Phi) is 4.34. The van der Waals surface area contributed by atoms with Gasteiger partial charge in [0.2, 0.25) is 5.91 Å². The van der Waals surface area contributed by atoms with Gasteiger partial charge in [0.1, 0.15) is 0 Å². The van der Waals surface area contributed by atoms with Crippen LogP contribution in [-0.4, -0.2) is 51.9 Å². The lowest BCUT2D eigenvalue weighted by Crippen LogP contribution is -2.39. The largest absolute Gasteiger partial charge is 0.336 e. The minimum atomic E-state index is 0.202. The lowest BCUT2D eigenvalue weighted by Gasteiger charge is -2.37. The molecule has 0 atom stereocenters. The first-order valence-electron chi connectivity index (χ1n) is 9.13. The van der Waals surface area contributed by atoms with E-state index in [0.29, 0.717) is 18.9 Å². The molecule has 1 amide bonds. The van der Waals surface area contributed by atoms with Gasteiger partial charge in [-0.1, -0.05) is 30.3 Å². The summed E-state index contributed by atoms with van der Waals surface area (Å²) < 4.78 is 2.16. The molecule has 132 valence electrons. The van der Waals surface area contributed by atoms with Gasteiger partial charge >= 0.3 is 0 Å². The highest BCUT2D eigenvalue weighted by Crippen LogP contribution is 2.41. The van der Waals surface area contributed by atoms with Crippen molar-refractivity contribution in [1.29, 1.82) is 0 Å². The number of likely N-dealkylation sites (tertiary alicyclic amines) is 2. The highest BCUT2D eigenvalue weighted by atomic mass is 16.2. The zero-order valence-corrected chi connectivity index (χ0v) is 14.9. The quantitative estimate of drug-likeness (QED) is 0.859. The molecule has 2 saturated heterocycles. The molecule has 0 bridgehead atoms. The number of carbonyl (C=O) groups excluding carboxylic acids is 1. The van der Waals surface area contributed by atoms with Crippen molar-refractivity contribution in [1.82, 2.24) is 19.4 Å². The van der Waals surface area contributed by atoms with Crippen molar-refractivity contribution in [2.75, 3.05) is 26.7 Å². The number of amides is 1. The fourth-order valence-electron chi connectivity index (χ4n) is 4.15. The average Bonchev–Trinajstić information content (AvgIpc) is 3.17. The Morgan fingerprint density at radius 2 is 1.88 bits per heavy atom. The number of hydrogen-bond donors (Lipinski definition) is 0. The molecule has 3 heterocycles. The van der Waals surface area contributed by atoms with Gasteiger partial charge in [0, 0.05) is 25.7 Å². The minimum Gasteiger partial charge on any atom is -0.336 e. The molecule has 0 N–H and O–H groups in total. The molecule has 1 spiro atoms. The zero-order valence-electron chi connectivity index (χ0n) is 14.9. The third kappa shape index (κ3) is 3.47. The van der Waals surface area contributed by atoms with E-state index in [9.17, 15) is 4.79 Å². The predicted molar refractivity (Wildman–Crippen MR) is 97.0 cm³/mol. The topological polar surface area (TPSA) is 41.4 Å². The van der Waals surface area contributed by atoms with Crippen LogP contribution in [0.3, 0.4) is 0 Å². The summed E-state index contributed by atoms with van der Waals surface area (Å²) in [5.41, 5.74) is 2.57. The second-order valence-corrected chi connectivity index (χ2v) is 7.73. The average molecular weight is 338 g/mol. The Labute approximate surface area is 149 Å². The molecule has 5 heteroatoms. The lowest BCUT2D eigenvalue weighted by molar-refractivity contribution is -0.128. The van der Waals surface area contributed by atoms with Gasteiger partial charge in [-0.3, -0.25) is 4.79 Å². The first-order valence-corrected chi connectivity index (χ1v) is 9.13. The molecule has 5 nitrogen and oxygen atoms in total. The van der Waals surface area contributed by atoms with Crippen LogP contribution in [0.25, 0.3) is 0 Å². The van der Waals surface area contributed by atoms with E-state index in [1.165, 1.54) is 5.56 Å². The van der Waals surface area contributed by atoms with Gasteiger partial charge in [0.15, 0.2) is 0 Å². The summed E-state index contributed by atoms with van der Waals surface area (Å²) in [6.45, 7) is 4.58. The van der Waals surface area contributed by atoms with Crippen LogP contribution in [0.5, 0.6) is 0 Å². The third-order valence-electron chi connectivity index (χ3n) is 5.80. The third-order valence-corrected chi connectivity index (χ3v) is 5.80.